The van der Waals surface area contributed by atoms with Crippen molar-refractivity contribution >= 4 is 0 Å². The first-order valence-electron chi connectivity index (χ1n) is 5.82. The molecule has 2 rings (SSSR count). The highest BCUT2D eigenvalue weighted by Crippen LogP contribution is 2.29. The lowest BCUT2D eigenvalue weighted by Crippen LogP contribution is -2.05. The maximum atomic E-state index is 13.8. The summed E-state index contributed by atoms with van der Waals surface area (Å²) >= 11 is 0. The van der Waals surface area contributed by atoms with Crippen LogP contribution >= 0.6 is 0 Å². The number of rotatable bonds is 3. The lowest BCUT2D eigenvalue weighted by atomic mass is 9.97. The largest absolute Gasteiger partial charge is 0.316 e. The first kappa shape index (κ1) is 12.7. The molecule has 0 radical (unpaired) electrons. The maximum Gasteiger partial charge on any atom is 0.133 e. The number of hydrogen-bond acceptors (Lipinski definition) is 1. The van der Waals surface area contributed by atoms with Crippen molar-refractivity contribution in [1.29, 1.82) is 0 Å². The third-order valence-corrected chi connectivity index (χ3v) is 2.91. The molecule has 2 aromatic rings. The van der Waals surface area contributed by atoms with E-state index in [1.165, 1.54) is 18.2 Å². The number of halogens is 2. The standard InChI is InChI=1S/C15H15F2N/c1-10-6-7-11(9-18-2)8-12(10)15-13(16)4-3-5-14(15)17/h3-8,18H,9H2,1-2H3. The lowest BCUT2D eigenvalue weighted by molar-refractivity contribution is 0.589. The molecule has 0 amide bonds. The third-order valence-electron chi connectivity index (χ3n) is 2.91. The predicted molar refractivity (Wildman–Crippen MR) is 69.3 cm³/mol. The Morgan fingerprint density at radius 1 is 1.06 bits per heavy atom. The van der Waals surface area contributed by atoms with E-state index < -0.39 is 11.6 Å². The molecule has 0 unspecified atom stereocenters. The van der Waals surface area contributed by atoms with Crippen LogP contribution in [0, 0.1) is 18.6 Å². The summed E-state index contributed by atoms with van der Waals surface area (Å²) in [5.41, 5.74) is 2.52. The molecule has 0 saturated carbocycles. The highest BCUT2D eigenvalue weighted by atomic mass is 19.1. The molecule has 3 heteroatoms. The van der Waals surface area contributed by atoms with Gasteiger partial charge in [-0.25, -0.2) is 8.78 Å². The van der Waals surface area contributed by atoms with Crippen LogP contribution in [0.1, 0.15) is 11.1 Å². The van der Waals surface area contributed by atoms with Crippen LogP contribution < -0.4 is 5.32 Å². The minimum absolute atomic E-state index is 0.0490. The molecule has 0 aliphatic heterocycles. The molecule has 0 saturated heterocycles. The molecule has 0 atom stereocenters. The Morgan fingerprint density at radius 3 is 2.33 bits per heavy atom. The SMILES string of the molecule is CNCc1ccc(C)c(-c2c(F)cccc2F)c1. The molecular weight excluding hydrogens is 232 g/mol. The topological polar surface area (TPSA) is 12.0 Å². The highest BCUT2D eigenvalue weighted by molar-refractivity contribution is 5.69. The van der Waals surface area contributed by atoms with Crippen LogP contribution in [-0.2, 0) is 6.54 Å². The Kier molecular flexibility index (Phi) is 3.72. The average Bonchev–Trinajstić information content (AvgIpc) is 2.33. The zero-order valence-electron chi connectivity index (χ0n) is 10.4. The van der Waals surface area contributed by atoms with Gasteiger partial charge >= 0.3 is 0 Å². The van der Waals surface area contributed by atoms with Gasteiger partial charge in [0.2, 0.25) is 0 Å². The molecule has 0 aliphatic carbocycles. The van der Waals surface area contributed by atoms with Crippen LogP contribution in [0.25, 0.3) is 11.1 Å². The summed E-state index contributed by atoms with van der Waals surface area (Å²) in [6.45, 7) is 2.52. The van der Waals surface area contributed by atoms with Gasteiger partial charge in [0.25, 0.3) is 0 Å². The summed E-state index contributed by atoms with van der Waals surface area (Å²) in [5, 5.41) is 3.02. The summed E-state index contributed by atoms with van der Waals surface area (Å²) in [4.78, 5) is 0. The molecule has 1 N–H and O–H groups in total. The monoisotopic (exact) mass is 247 g/mol. The summed E-state index contributed by atoms with van der Waals surface area (Å²) in [6.07, 6.45) is 0. The molecule has 94 valence electrons. The molecule has 0 bridgehead atoms. The van der Waals surface area contributed by atoms with E-state index in [0.29, 0.717) is 12.1 Å². The predicted octanol–water partition coefficient (Wildman–Crippen LogP) is 3.66. The highest BCUT2D eigenvalue weighted by Gasteiger charge is 2.13. The van der Waals surface area contributed by atoms with E-state index in [4.69, 9.17) is 0 Å². The minimum atomic E-state index is -0.528. The zero-order valence-corrected chi connectivity index (χ0v) is 10.4. The van der Waals surface area contributed by atoms with E-state index in [1.807, 2.05) is 32.2 Å². The van der Waals surface area contributed by atoms with Crippen LogP contribution in [0.4, 0.5) is 8.78 Å². The second-order valence-corrected chi connectivity index (χ2v) is 4.28. The normalized spacial score (nSPS) is 10.7. The summed E-state index contributed by atoms with van der Waals surface area (Å²) in [7, 11) is 1.84. The molecule has 0 spiro atoms. The number of nitrogens with one attached hydrogen (secondary N) is 1. The van der Waals surface area contributed by atoms with Gasteiger partial charge in [-0.1, -0.05) is 18.2 Å². The number of hydrogen-bond donors (Lipinski definition) is 1. The van der Waals surface area contributed by atoms with Crippen LogP contribution in [0.15, 0.2) is 36.4 Å². The summed E-state index contributed by atoms with van der Waals surface area (Å²) < 4.78 is 27.6. The van der Waals surface area contributed by atoms with Crippen molar-refractivity contribution < 1.29 is 8.78 Å². The third kappa shape index (κ3) is 2.41. The first-order chi connectivity index (χ1) is 8.63. The molecule has 0 heterocycles. The van der Waals surface area contributed by atoms with Crippen molar-refractivity contribution in [3.63, 3.8) is 0 Å². The number of aryl methyl sites for hydroxylation is 1. The quantitative estimate of drug-likeness (QED) is 0.872. The van der Waals surface area contributed by atoms with E-state index in [9.17, 15) is 8.78 Å². The van der Waals surface area contributed by atoms with Gasteiger partial charge < -0.3 is 5.32 Å². The molecule has 0 fully saturated rings. The fourth-order valence-corrected chi connectivity index (χ4v) is 2.01. The molecule has 2 aromatic carbocycles. The smallest absolute Gasteiger partial charge is 0.133 e. The minimum Gasteiger partial charge on any atom is -0.316 e. The summed E-state index contributed by atoms with van der Waals surface area (Å²) in [5.74, 6) is -1.06. The Labute approximate surface area is 105 Å². The van der Waals surface area contributed by atoms with E-state index in [0.717, 1.165) is 11.1 Å². The zero-order chi connectivity index (χ0) is 13.1. The van der Waals surface area contributed by atoms with E-state index in [-0.39, 0.29) is 5.56 Å². The van der Waals surface area contributed by atoms with Gasteiger partial charge in [0, 0.05) is 6.54 Å². The van der Waals surface area contributed by atoms with Gasteiger partial charge in [-0.3, -0.25) is 0 Å². The van der Waals surface area contributed by atoms with Crippen molar-refractivity contribution in [1.82, 2.24) is 5.32 Å². The van der Waals surface area contributed by atoms with Gasteiger partial charge in [-0.05, 0) is 48.9 Å². The summed E-state index contributed by atoms with van der Waals surface area (Å²) in [6, 6.07) is 9.60. The Bertz CT molecular complexity index is 544. The average molecular weight is 247 g/mol. The Hall–Kier alpha value is -1.74. The molecule has 1 nitrogen and oxygen atoms in total. The molecule has 18 heavy (non-hydrogen) atoms. The van der Waals surface area contributed by atoms with Crippen molar-refractivity contribution in [2.24, 2.45) is 0 Å². The van der Waals surface area contributed by atoms with E-state index in [1.54, 1.807) is 0 Å². The lowest BCUT2D eigenvalue weighted by Gasteiger charge is -2.11. The van der Waals surface area contributed by atoms with Crippen molar-refractivity contribution in [2.75, 3.05) is 7.05 Å². The van der Waals surface area contributed by atoms with Gasteiger partial charge in [0.15, 0.2) is 0 Å². The van der Waals surface area contributed by atoms with Crippen LogP contribution in [0.5, 0.6) is 0 Å². The number of benzene rings is 2. The maximum absolute atomic E-state index is 13.8. The van der Waals surface area contributed by atoms with Gasteiger partial charge in [0.1, 0.15) is 11.6 Å². The van der Waals surface area contributed by atoms with E-state index >= 15 is 0 Å². The van der Waals surface area contributed by atoms with Crippen molar-refractivity contribution in [2.45, 2.75) is 13.5 Å². The fraction of sp³-hybridized carbons (Fsp3) is 0.200. The van der Waals surface area contributed by atoms with Gasteiger partial charge in [-0.2, -0.15) is 0 Å². The Morgan fingerprint density at radius 2 is 1.72 bits per heavy atom. The van der Waals surface area contributed by atoms with Crippen LogP contribution in [-0.4, -0.2) is 7.05 Å². The van der Waals surface area contributed by atoms with Gasteiger partial charge in [-0.15, -0.1) is 0 Å². The van der Waals surface area contributed by atoms with Crippen LogP contribution in [0.3, 0.4) is 0 Å². The van der Waals surface area contributed by atoms with Gasteiger partial charge in [0.05, 0.1) is 5.56 Å². The van der Waals surface area contributed by atoms with Crippen LogP contribution in [0.2, 0.25) is 0 Å². The van der Waals surface area contributed by atoms with Crippen molar-refractivity contribution in [3.8, 4) is 11.1 Å². The first-order valence-corrected chi connectivity index (χ1v) is 5.82. The Balaban J connectivity index is 2.59. The fourth-order valence-electron chi connectivity index (χ4n) is 2.01. The molecular formula is C15H15F2N. The molecule has 0 aromatic heterocycles. The molecule has 0 aliphatic rings. The van der Waals surface area contributed by atoms with Crippen molar-refractivity contribution in [3.05, 3.63) is 59.2 Å². The van der Waals surface area contributed by atoms with E-state index in [2.05, 4.69) is 5.32 Å². The second-order valence-electron chi connectivity index (χ2n) is 4.28. The second kappa shape index (κ2) is 5.27.